The highest BCUT2D eigenvalue weighted by atomic mass is 79.9. The predicted molar refractivity (Wildman–Crippen MR) is 65.0 cm³/mol. The first kappa shape index (κ1) is 11.2. The maximum atomic E-state index is 11.1. The molecule has 0 aliphatic rings. The SMILES string of the molecule is CCc1c(C(=O)O)oc2c(C)ccc(Br)c12. The lowest BCUT2D eigenvalue weighted by molar-refractivity contribution is 0.0663. The highest BCUT2D eigenvalue weighted by Gasteiger charge is 2.21. The summed E-state index contributed by atoms with van der Waals surface area (Å²) in [5.41, 5.74) is 2.35. The van der Waals surface area contributed by atoms with E-state index in [9.17, 15) is 4.79 Å². The van der Waals surface area contributed by atoms with Crippen molar-refractivity contribution in [1.82, 2.24) is 0 Å². The summed E-state index contributed by atoms with van der Waals surface area (Å²) in [4.78, 5) is 11.1. The summed E-state index contributed by atoms with van der Waals surface area (Å²) in [5.74, 6) is -0.966. The topological polar surface area (TPSA) is 50.4 Å². The van der Waals surface area contributed by atoms with Gasteiger partial charge in [-0.15, -0.1) is 0 Å². The van der Waals surface area contributed by atoms with Gasteiger partial charge in [0, 0.05) is 15.4 Å². The molecule has 3 nitrogen and oxygen atoms in total. The van der Waals surface area contributed by atoms with Crippen LogP contribution in [0.1, 0.15) is 28.6 Å². The van der Waals surface area contributed by atoms with Crippen LogP contribution < -0.4 is 0 Å². The summed E-state index contributed by atoms with van der Waals surface area (Å²) in [7, 11) is 0. The van der Waals surface area contributed by atoms with Gasteiger partial charge in [-0.3, -0.25) is 0 Å². The number of carbonyl (C=O) groups is 1. The van der Waals surface area contributed by atoms with E-state index in [4.69, 9.17) is 9.52 Å². The third-order valence-corrected chi connectivity index (χ3v) is 3.29. The molecule has 16 heavy (non-hydrogen) atoms. The van der Waals surface area contributed by atoms with Crippen molar-refractivity contribution in [3.8, 4) is 0 Å². The molecule has 0 amide bonds. The first-order valence-electron chi connectivity index (χ1n) is 5.00. The predicted octanol–water partition coefficient (Wildman–Crippen LogP) is 3.76. The number of rotatable bonds is 2. The van der Waals surface area contributed by atoms with Crippen LogP contribution in [0, 0.1) is 6.92 Å². The van der Waals surface area contributed by atoms with Gasteiger partial charge in [0.2, 0.25) is 5.76 Å². The molecule has 0 unspecified atom stereocenters. The fourth-order valence-electron chi connectivity index (χ4n) is 1.86. The van der Waals surface area contributed by atoms with E-state index in [1.165, 1.54) is 0 Å². The Bertz CT molecular complexity index is 569. The monoisotopic (exact) mass is 282 g/mol. The molecule has 0 atom stereocenters. The van der Waals surface area contributed by atoms with Crippen LogP contribution in [0.25, 0.3) is 11.0 Å². The van der Waals surface area contributed by atoms with E-state index in [2.05, 4.69) is 15.9 Å². The number of aromatic carboxylic acids is 1. The number of benzene rings is 1. The number of carboxylic acids is 1. The first-order chi connectivity index (χ1) is 7.56. The minimum absolute atomic E-state index is 0.0486. The second-order valence-corrected chi connectivity index (χ2v) is 4.49. The maximum Gasteiger partial charge on any atom is 0.372 e. The summed E-state index contributed by atoms with van der Waals surface area (Å²) in [6.45, 7) is 3.83. The van der Waals surface area contributed by atoms with Crippen molar-refractivity contribution in [3.63, 3.8) is 0 Å². The molecule has 0 aliphatic heterocycles. The second kappa shape index (κ2) is 3.94. The van der Waals surface area contributed by atoms with Gasteiger partial charge in [0.15, 0.2) is 0 Å². The third kappa shape index (κ3) is 1.53. The summed E-state index contributed by atoms with van der Waals surface area (Å²) in [6.07, 6.45) is 0.636. The van der Waals surface area contributed by atoms with Crippen molar-refractivity contribution in [1.29, 1.82) is 0 Å². The molecular weight excluding hydrogens is 272 g/mol. The maximum absolute atomic E-state index is 11.1. The molecule has 0 bridgehead atoms. The number of fused-ring (bicyclic) bond motifs is 1. The number of furan rings is 1. The van der Waals surface area contributed by atoms with Gasteiger partial charge < -0.3 is 9.52 Å². The fraction of sp³-hybridized carbons (Fsp3) is 0.250. The van der Waals surface area contributed by atoms with E-state index in [0.29, 0.717) is 12.0 Å². The van der Waals surface area contributed by atoms with E-state index in [1.807, 2.05) is 26.0 Å². The number of hydrogen-bond donors (Lipinski definition) is 1. The van der Waals surface area contributed by atoms with E-state index in [1.54, 1.807) is 0 Å². The molecule has 1 heterocycles. The van der Waals surface area contributed by atoms with Crippen molar-refractivity contribution in [3.05, 3.63) is 33.5 Å². The number of aryl methyl sites for hydroxylation is 2. The first-order valence-corrected chi connectivity index (χ1v) is 5.79. The van der Waals surface area contributed by atoms with E-state index < -0.39 is 5.97 Å². The molecule has 1 aromatic heterocycles. The van der Waals surface area contributed by atoms with Gasteiger partial charge in [-0.2, -0.15) is 0 Å². The van der Waals surface area contributed by atoms with Crippen molar-refractivity contribution < 1.29 is 14.3 Å². The third-order valence-electron chi connectivity index (χ3n) is 2.63. The van der Waals surface area contributed by atoms with Crippen molar-refractivity contribution in [2.45, 2.75) is 20.3 Å². The highest BCUT2D eigenvalue weighted by Crippen LogP contribution is 2.34. The summed E-state index contributed by atoms with van der Waals surface area (Å²) in [6, 6.07) is 3.82. The Morgan fingerprint density at radius 2 is 2.19 bits per heavy atom. The van der Waals surface area contributed by atoms with Crippen LogP contribution >= 0.6 is 15.9 Å². The van der Waals surface area contributed by atoms with Crippen molar-refractivity contribution >= 4 is 32.9 Å². The van der Waals surface area contributed by atoms with Gasteiger partial charge in [-0.1, -0.05) is 28.9 Å². The molecule has 4 heteroatoms. The Labute approximate surface area is 101 Å². The quantitative estimate of drug-likeness (QED) is 0.912. The number of hydrogen-bond acceptors (Lipinski definition) is 2. The van der Waals surface area contributed by atoms with Crippen LogP contribution in [0.5, 0.6) is 0 Å². The zero-order valence-corrected chi connectivity index (χ0v) is 10.6. The zero-order valence-electron chi connectivity index (χ0n) is 9.00. The molecule has 0 radical (unpaired) electrons. The van der Waals surface area contributed by atoms with Crippen LogP contribution in [0.4, 0.5) is 0 Å². The molecule has 2 rings (SSSR count). The van der Waals surface area contributed by atoms with E-state index in [-0.39, 0.29) is 5.76 Å². The van der Waals surface area contributed by atoms with Crippen LogP contribution in [0.3, 0.4) is 0 Å². The lowest BCUT2D eigenvalue weighted by atomic mass is 10.1. The Hall–Kier alpha value is -1.29. The Balaban J connectivity index is 2.92. The molecule has 0 saturated heterocycles. The number of halogens is 1. The summed E-state index contributed by atoms with van der Waals surface area (Å²) < 4.78 is 6.31. The Kier molecular flexibility index (Phi) is 2.76. The van der Waals surface area contributed by atoms with Gasteiger partial charge in [0.1, 0.15) is 5.58 Å². The molecule has 0 fully saturated rings. The molecule has 0 spiro atoms. The average molecular weight is 283 g/mol. The minimum Gasteiger partial charge on any atom is -0.475 e. The van der Waals surface area contributed by atoms with Crippen LogP contribution in [-0.2, 0) is 6.42 Å². The smallest absolute Gasteiger partial charge is 0.372 e. The average Bonchev–Trinajstić information content (AvgIpc) is 2.64. The largest absolute Gasteiger partial charge is 0.475 e. The Morgan fingerprint density at radius 1 is 1.50 bits per heavy atom. The van der Waals surface area contributed by atoms with Gasteiger partial charge >= 0.3 is 5.97 Å². The van der Waals surface area contributed by atoms with Gasteiger partial charge in [-0.05, 0) is 25.0 Å². The second-order valence-electron chi connectivity index (χ2n) is 3.64. The van der Waals surface area contributed by atoms with Crippen molar-refractivity contribution in [2.24, 2.45) is 0 Å². The lowest BCUT2D eigenvalue weighted by Gasteiger charge is -1.98. The molecule has 84 valence electrons. The molecule has 1 N–H and O–H groups in total. The lowest BCUT2D eigenvalue weighted by Crippen LogP contribution is -1.97. The summed E-state index contributed by atoms with van der Waals surface area (Å²) in [5, 5.41) is 9.95. The molecule has 0 aliphatic carbocycles. The normalized spacial score (nSPS) is 10.9. The van der Waals surface area contributed by atoms with Gasteiger partial charge in [-0.25, -0.2) is 4.79 Å². The highest BCUT2D eigenvalue weighted by molar-refractivity contribution is 9.10. The molecular formula is C12H11BrO3. The molecule has 2 aromatic rings. The van der Waals surface area contributed by atoms with Crippen LogP contribution in [0.2, 0.25) is 0 Å². The Morgan fingerprint density at radius 3 is 2.75 bits per heavy atom. The van der Waals surface area contributed by atoms with Crippen LogP contribution in [0.15, 0.2) is 21.0 Å². The number of carboxylic acid groups (broad SMARTS) is 1. The van der Waals surface area contributed by atoms with Crippen LogP contribution in [-0.4, -0.2) is 11.1 Å². The summed E-state index contributed by atoms with van der Waals surface area (Å²) >= 11 is 3.43. The van der Waals surface area contributed by atoms with Crippen molar-refractivity contribution in [2.75, 3.05) is 0 Å². The van der Waals surface area contributed by atoms with E-state index >= 15 is 0 Å². The van der Waals surface area contributed by atoms with E-state index in [0.717, 1.165) is 21.0 Å². The molecule has 1 aromatic carbocycles. The molecule has 0 saturated carbocycles. The van der Waals surface area contributed by atoms with Gasteiger partial charge in [0.05, 0.1) is 0 Å². The minimum atomic E-state index is -1.01. The zero-order chi connectivity index (χ0) is 11.9. The fourth-order valence-corrected chi connectivity index (χ4v) is 2.41. The van der Waals surface area contributed by atoms with Gasteiger partial charge in [0.25, 0.3) is 0 Å². The standard InChI is InChI=1S/C12H11BrO3/c1-3-7-9-8(13)5-4-6(2)10(9)16-11(7)12(14)15/h4-5H,3H2,1-2H3,(H,14,15).